The zero-order valence-electron chi connectivity index (χ0n) is 11.1. The van der Waals surface area contributed by atoms with Gasteiger partial charge in [-0.2, -0.15) is 14.4 Å². The number of anilines is 1. The van der Waals surface area contributed by atoms with E-state index in [0.717, 1.165) is 6.42 Å². The number of rotatable bonds is 3. The van der Waals surface area contributed by atoms with Crippen LogP contribution in [0.2, 0.25) is 0 Å². The molecule has 0 bridgehead atoms. The fraction of sp³-hybridized carbons (Fsp3) is 0.583. The van der Waals surface area contributed by atoms with Gasteiger partial charge in [0, 0.05) is 6.04 Å². The Hall–Kier alpha value is -1.72. The molecule has 2 N–H and O–H groups in total. The third-order valence-electron chi connectivity index (χ3n) is 3.02. The molecular weight excluding hydrogens is 233 g/mol. The number of H-pyrrole nitrogens is 1. The van der Waals surface area contributed by atoms with E-state index in [2.05, 4.69) is 52.9 Å². The molecule has 0 saturated carbocycles. The first-order chi connectivity index (χ1) is 8.41. The molecule has 0 aliphatic carbocycles. The van der Waals surface area contributed by atoms with Crippen molar-refractivity contribution in [3.63, 3.8) is 0 Å². The van der Waals surface area contributed by atoms with E-state index in [4.69, 9.17) is 0 Å². The number of aromatic amines is 1. The molecule has 0 unspecified atom stereocenters. The smallest absolute Gasteiger partial charge is 0.312 e. The molecule has 6 heteroatoms. The molecular formula is C12H18FN5. The maximum Gasteiger partial charge on any atom is 0.312 e. The zero-order valence-corrected chi connectivity index (χ0v) is 11.1. The molecule has 0 saturated heterocycles. The van der Waals surface area contributed by atoms with Crippen LogP contribution in [0.5, 0.6) is 0 Å². The predicted octanol–water partition coefficient (Wildman–Crippen LogP) is 2.73. The lowest BCUT2D eigenvalue weighted by molar-refractivity contribution is 0.332. The van der Waals surface area contributed by atoms with Gasteiger partial charge in [0.05, 0.1) is 6.33 Å². The maximum atomic E-state index is 13.3. The summed E-state index contributed by atoms with van der Waals surface area (Å²) < 4.78 is 13.3. The van der Waals surface area contributed by atoms with E-state index in [1.807, 2.05) is 0 Å². The van der Waals surface area contributed by atoms with Crippen molar-refractivity contribution < 1.29 is 4.39 Å². The van der Waals surface area contributed by atoms with Gasteiger partial charge < -0.3 is 10.3 Å². The van der Waals surface area contributed by atoms with Gasteiger partial charge in [-0.1, -0.05) is 27.7 Å². The SMILES string of the molecule is CC[C@H](Nc1nc(F)nc2nc[nH]c12)C(C)(C)C. The molecule has 2 rings (SSSR count). The number of fused-ring (bicyclic) bond motifs is 1. The van der Waals surface area contributed by atoms with Crippen molar-refractivity contribution in [1.82, 2.24) is 19.9 Å². The van der Waals surface area contributed by atoms with Crippen LogP contribution < -0.4 is 5.32 Å². The Morgan fingerprint density at radius 3 is 2.72 bits per heavy atom. The molecule has 18 heavy (non-hydrogen) atoms. The highest BCUT2D eigenvalue weighted by atomic mass is 19.1. The molecule has 0 aliphatic rings. The first-order valence-electron chi connectivity index (χ1n) is 6.05. The van der Waals surface area contributed by atoms with Gasteiger partial charge >= 0.3 is 6.08 Å². The minimum absolute atomic E-state index is 0.0581. The molecule has 1 atom stereocenters. The van der Waals surface area contributed by atoms with Gasteiger partial charge in [-0.25, -0.2) is 4.98 Å². The molecule has 98 valence electrons. The minimum Gasteiger partial charge on any atom is -0.365 e. The zero-order chi connectivity index (χ0) is 13.3. The van der Waals surface area contributed by atoms with Crippen LogP contribution in [0.25, 0.3) is 11.2 Å². The molecule has 0 amide bonds. The van der Waals surface area contributed by atoms with Crippen LogP contribution in [0.4, 0.5) is 10.2 Å². The lowest BCUT2D eigenvalue weighted by Crippen LogP contribution is -2.33. The van der Waals surface area contributed by atoms with E-state index in [1.54, 1.807) is 0 Å². The Balaban J connectivity index is 2.39. The van der Waals surface area contributed by atoms with Gasteiger partial charge in [0.25, 0.3) is 0 Å². The van der Waals surface area contributed by atoms with Crippen molar-refractivity contribution >= 4 is 17.0 Å². The summed E-state index contributed by atoms with van der Waals surface area (Å²) >= 11 is 0. The minimum atomic E-state index is -0.763. The molecule has 2 aromatic rings. The van der Waals surface area contributed by atoms with Crippen LogP contribution in [0.1, 0.15) is 34.1 Å². The van der Waals surface area contributed by atoms with Crippen LogP contribution >= 0.6 is 0 Å². The fourth-order valence-corrected chi connectivity index (χ4v) is 2.01. The van der Waals surface area contributed by atoms with Gasteiger partial charge in [-0.05, 0) is 11.8 Å². The highest BCUT2D eigenvalue weighted by Crippen LogP contribution is 2.26. The third kappa shape index (κ3) is 2.42. The number of nitrogens with one attached hydrogen (secondary N) is 2. The average Bonchev–Trinajstić information content (AvgIpc) is 2.71. The Labute approximate surface area is 105 Å². The summed E-state index contributed by atoms with van der Waals surface area (Å²) in [6.45, 7) is 8.49. The number of hydrogen-bond donors (Lipinski definition) is 2. The van der Waals surface area contributed by atoms with E-state index in [-0.39, 0.29) is 11.5 Å². The van der Waals surface area contributed by atoms with Gasteiger partial charge in [-0.3, -0.25) is 0 Å². The molecule has 0 radical (unpaired) electrons. The monoisotopic (exact) mass is 251 g/mol. The van der Waals surface area contributed by atoms with Gasteiger partial charge in [0.1, 0.15) is 5.52 Å². The highest BCUT2D eigenvalue weighted by Gasteiger charge is 2.24. The van der Waals surface area contributed by atoms with Crippen LogP contribution in [-0.2, 0) is 0 Å². The first-order valence-corrected chi connectivity index (χ1v) is 6.05. The summed E-state index contributed by atoms with van der Waals surface area (Å²) in [6, 6.07) is 0.193. The molecule has 2 aromatic heterocycles. The third-order valence-corrected chi connectivity index (χ3v) is 3.02. The molecule has 0 spiro atoms. The van der Waals surface area contributed by atoms with Crippen molar-refractivity contribution in [2.75, 3.05) is 5.32 Å². The summed E-state index contributed by atoms with van der Waals surface area (Å²) in [5, 5.41) is 3.28. The summed E-state index contributed by atoms with van der Waals surface area (Å²) in [5.41, 5.74) is 1.04. The lowest BCUT2D eigenvalue weighted by atomic mass is 9.85. The molecule has 0 aliphatic heterocycles. The van der Waals surface area contributed by atoms with Crippen molar-refractivity contribution in [1.29, 1.82) is 0 Å². The Bertz CT molecular complexity index is 543. The van der Waals surface area contributed by atoms with Crippen LogP contribution in [0, 0.1) is 11.5 Å². The molecule has 2 heterocycles. The van der Waals surface area contributed by atoms with Gasteiger partial charge in [-0.15, -0.1) is 0 Å². The van der Waals surface area contributed by atoms with Gasteiger partial charge in [0.2, 0.25) is 0 Å². The van der Waals surface area contributed by atoms with Crippen molar-refractivity contribution in [2.24, 2.45) is 5.41 Å². The summed E-state index contributed by atoms with van der Waals surface area (Å²) in [7, 11) is 0. The second-order valence-electron chi connectivity index (χ2n) is 5.41. The fourth-order valence-electron chi connectivity index (χ4n) is 2.01. The number of halogens is 1. The largest absolute Gasteiger partial charge is 0.365 e. The van der Waals surface area contributed by atoms with E-state index < -0.39 is 6.08 Å². The quantitative estimate of drug-likeness (QED) is 0.823. The number of imidazole rings is 1. The van der Waals surface area contributed by atoms with E-state index in [1.165, 1.54) is 6.33 Å². The average molecular weight is 251 g/mol. The van der Waals surface area contributed by atoms with E-state index in [0.29, 0.717) is 17.0 Å². The van der Waals surface area contributed by atoms with Crippen LogP contribution in [-0.4, -0.2) is 26.0 Å². The standard InChI is InChI=1S/C12H18FN5/c1-5-7(12(2,3)4)16-10-8-9(15-6-14-8)17-11(13)18-10/h6-7H,5H2,1-4H3,(H2,14,15,16,17,18)/t7-/m0/s1. The van der Waals surface area contributed by atoms with E-state index >= 15 is 0 Å². The lowest BCUT2D eigenvalue weighted by Gasteiger charge is -2.31. The topological polar surface area (TPSA) is 66.5 Å². The highest BCUT2D eigenvalue weighted by molar-refractivity contribution is 5.82. The predicted molar refractivity (Wildman–Crippen MR) is 68.8 cm³/mol. The molecule has 0 aromatic carbocycles. The molecule has 5 nitrogen and oxygen atoms in total. The number of aromatic nitrogens is 4. The summed E-state index contributed by atoms with van der Waals surface area (Å²) in [4.78, 5) is 14.3. The first kappa shape index (κ1) is 12.7. The van der Waals surface area contributed by atoms with Crippen LogP contribution in [0.15, 0.2) is 6.33 Å². The Morgan fingerprint density at radius 1 is 1.39 bits per heavy atom. The number of nitrogens with zero attached hydrogens (tertiary/aromatic N) is 3. The Morgan fingerprint density at radius 2 is 2.11 bits per heavy atom. The number of hydrogen-bond acceptors (Lipinski definition) is 4. The van der Waals surface area contributed by atoms with Crippen molar-refractivity contribution in [3.8, 4) is 0 Å². The van der Waals surface area contributed by atoms with Crippen LogP contribution in [0.3, 0.4) is 0 Å². The summed E-state index contributed by atoms with van der Waals surface area (Å²) in [6.07, 6.45) is 1.65. The second-order valence-corrected chi connectivity index (χ2v) is 5.41. The van der Waals surface area contributed by atoms with Crippen molar-refractivity contribution in [2.45, 2.75) is 40.2 Å². The van der Waals surface area contributed by atoms with Crippen molar-refractivity contribution in [3.05, 3.63) is 12.4 Å². The normalized spacial score (nSPS) is 13.8. The second kappa shape index (κ2) is 4.51. The molecule has 0 fully saturated rings. The van der Waals surface area contributed by atoms with Gasteiger partial charge in [0.15, 0.2) is 11.5 Å². The summed E-state index contributed by atoms with van der Waals surface area (Å²) in [5.74, 6) is 0.469. The Kier molecular flexibility index (Phi) is 3.19. The van der Waals surface area contributed by atoms with E-state index in [9.17, 15) is 4.39 Å². The maximum absolute atomic E-state index is 13.3.